The summed E-state index contributed by atoms with van der Waals surface area (Å²) in [6.45, 7) is 6.96. The van der Waals surface area contributed by atoms with Crippen LogP contribution in [0.25, 0.3) is 0 Å². The summed E-state index contributed by atoms with van der Waals surface area (Å²) in [7, 11) is 0. The molecule has 0 aromatic heterocycles. The van der Waals surface area contributed by atoms with E-state index in [-0.39, 0.29) is 0 Å². The Balaban J connectivity index is 2.08. The summed E-state index contributed by atoms with van der Waals surface area (Å²) >= 11 is 0. The van der Waals surface area contributed by atoms with Gasteiger partial charge in [-0.05, 0) is 6.92 Å². The van der Waals surface area contributed by atoms with Crippen molar-refractivity contribution in [3.05, 3.63) is 0 Å². The van der Waals surface area contributed by atoms with Crippen molar-refractivity contribution in [2.45, 2.75) is 6.92 Å². The smallest absolute Gasteiger partial charge is 0.0656 e. The molecule has 0 bridgehead atoms. The van der Waals surface area contributed by atoms with E-state index in [1.807, 2.05) is 12.0 Å². The molecule has 0 spiro atoms. The van der Waals surface area contributed by atoms with Crippen LogP contribution in [0.1, 0.15) is 6.92 Å². The molecule has 0 aliphatic carbocycles. The third-order valence-electron chi connectivity index (χ3n) is 1.39. The van der Waals surface area contributed by atoms with Crippen molar-refractivity contribution in [3.8, 4) is 0 Å². The van der Waals surface area contributed by atoms with Gasteiger partial charge in [-0.3, -0.25) is 4.84 Å². The molecular formula is C6H14N2O. The number of nitrogens with zero attached hydrogens (tertiary/aromatic N) is 1. The molecule has 1 fully saturated rings. The molecule has 1 aliphatic rings. The van der Waals surface area contributed by atoms with Crippen molar-refractivity contribution in [2.75, 3.05) is 32.8 Å². The third kappa shape index (κ3) is 2.30. The second-order valence-corrected chi connectivity index (χ2v) is 2.10. The van der Waals surface area contributed by atoms with Crippen LogP contribution in [0.15, 0.2) is 0 Å². The molecule has 54 valence electrons. The van der Waals surface area contributed by atoms with Gasteiger partial charge < -0.3 is 5.32 Å². The first-order valence-electron chi connectivity index (χ1n) is 3.52. The summed E-state index contributed by atoms with van der Waals surface area (Å²) < 4.78 is 0. The molecule has 0 aromatic carbocycles. The molecule has 1 heterocycles. The maximum absolute atomic E-state index is 5.28. The Kier molecular flexibility index (Phi) is 2.97. The largest absolute Gasteiger partial charge is 0.314 e. The number of rotatable bonds is 2. The second-order valence-electron chi connectivity index (χ2n) is 2.10. The molecule has 1 saturated heterocycles. The van der Waals surface area contributed by atoms with Gasteiger partial charge in [0.25, 0.3) is 0 Å². The fraction of sp³-hybridized carbons (Fsp3) is 1.00. The molecule has 3 heteroatoms. The van der Waals surface area contributed by atoms with Crippen LogP contribution in [0.5, 0.6) is 0 Å². The zero-order valence-electron chi connectivity index (χ0n) is 5.89. The van der Waals surface area contributed by atoms with Crippen molar-refractivity contribution in [2.24, 2.45) is 0 Å². The van der Waals surface area contributed by atoms with Gasteiger partial charge in [0.2, 0.25) is 0 Å². The van der Waals surface area contributed by atoms with Gasteiger partial charge in [-0.2, -0.15) is 5.06 Å². The first kappa shape index (κ1) is 6.99. The highest BCUT2D eigenvalue weighted by atomic mass is 16.7. The minimum atomic E-state index is 0.792. The van der Waals surface area contributed by atoms with Crippen molar-refractivity contribution in [1.82, 2.24) is 10.4 Å². The minimum Gasteiger partial charge on any atom is -0.314 e. The summed E-state index contributed by atoms with van der Waals surface area (Å²) in [5.74, 6) is 0. The SMILES string of the molecule is CCON1CCNCC1. The maximum Gasteiger partial charge on any atom is 0.0656 e. The Morgan fingerprint density at radius 3 is 2.67 bits per heavy atom. The first-order valence-corrected chi connectivity index (χ1v) is 3.52. The normalized spacial score (nSPS) is 22.3. The summed E-state index contributed by atoms with van der Waals surface area (Å²) in [6.07, 6.45) is 0. The molecule has 0 amide bonds. The molecule has 3 nitrogen and oxygen atoms in total. The number of hydrogen-bond donors (Lipinski definition) is 1. The van der Waals surface area contributed by atoms with Crippen LogP contribution in [0.2, 0.25) is 0 Å². The summed E-state index contributed by atoms with van der Waals surface area (Å²) in [5.41, 5.74) is 0. The van der Waals surface area contributed by atoms with E-state index in [1.165, 1.54) is 0 Å². The minimum absolute atomic E-state index is 0.792. The van der Waals surface area contributed by atoms with E-state index in [9.17, 15) is 0 Å². The van der Waals surface area contributed by atoms with Crippen LogP contribution in [-0.4, -0.2) is 37.8 Å². The van der Waals surface area contributed by atoms with Gasteiger partial charge in [0.15, 0.2) is 0 Å². The molecule has 0 aromatic rings. The van der Waals surface area contributed by atoms with Crippen LogP contribution >= 0.6 is 0 Å². The van der Waals surface area contributed by atoms with Gasteiger partial charge in [0.1, 0.15) is 0 Å². The lowest BCUT2D eigenvalue weighted by molar-refractivity contribution is -0.159. The highest BCUT2D eigenvalue weighted by Crippen LogP contribution is 1.91. The second kappa shape index (κ2) is 3.82. The van der Waals surface area contributed by atoms with Gasteiger partial charge in [-0.15, -0.1) is 0 Å². The Bertz CT molecular complexity index is 68.7. The number of piperazine rings is 1. The van der Waals surface area contributed by atoms with E-state index in [2.05, 4.69) is 5.32 Å². The van der Waals surface area contributed by atoms with Gasteiger partial charge in [-0.25, -0.2) is 0 Å². The lowest BCUT2D eigenvalue weighted by Gasteiger charge is -2.25. The fourth-order valence-corrected chi connectivity index (χ4v) is 0.956. The van der Waals surface area contributed by atoms with Crippen molar-refractivity contribution >= 4 is 0 Å². The zero-order chi connectivity index (χ0) is 6.53. The van der Waals surface area contributed by atoms with Crippen LogP contribution in [0, 0.1) is 0 Å². The van der Waals surface area contributed by atoms with Crippen molar-refractivity contribution < 1.29 is 4.84 Å². The molecule has 0 atom stereocenters. The highest BCUT2D eigenvalue weighted by molar-refractivity contribution is 4.59. The van der Waals surface area contributed by atoms with Crippen LogP contribution in [0.4, 0.5) is 0 Å². The first-order chi connectivity index (χ1) is 4.43. The van der Waals surface area contributed by atoms with E-state index >= 15 is 0 Å². The molecule has 0 unspecified atom stereocenters. The van der Waals surface area contributed by atoms with E-state index in [4.69, 9.17) is 4.84 Å². The predicted octanol–water partition coefficient (Wildman–Crippen LogP) is -0.157. The molecule has 0 saturated carbocycles. The molecule has 9 heavy (non-hydrogen) atoms. The Morgan fingerprint density at radius 1 is 1.44 bits per heavy atom. The third-order valence-corrected chi connectivity index (χ3v) is 1.39. The van der Waals surface area contributed by atoms with Crippen LogP contribution < -0.4 is 5.32 Å². The van der Waals surface area contributed by atoms with E-state index in [0.717, 1.165) is 32.8 Å². The number of hydrogen-bond acceptors (Lipinski definition) is 3. The van der Waals surface area contributed by atoms with Gasteiger partial charge in [0.05, 0.1) is 6.61 Å². The van der Waals surface area contributed by atoms with E-state index < -0.39 is 0 Å². The quantitative estimate of drug-likeness (QED) is 0.562. The maximum atomic E-state index is 5.28. The molecule has 1 N–H and O–H groups in total. The van der Waals surface area contributed by atoms with Crippen molar-refractivity contribution in [1.29, 1.82) is 0 Å². The number of hydroxylamine groups is 2. The average molecular weight is 130 g/mol. The van der Waals surface area contributed by atoms with E-state index in [0.29, 0.717) is 0 Å². The topological polar surface area (TPSA) is 24.5 Å². The summed E-state index contributed by atoms with van der Waals surface area (Å²) in [4.78, 5) is 5.28. The number of nitrogens with one attached hydrogen (secondary N) is 1. The predicted molar refractivity (Wildman–Crippen MR) is 36.1 cm³/mol. The molecule has 0 radical (unpaired) electrons. The van der Waals surface area contributed by atoms with Crippen LogP contribution in [-0.2, 0) is 4.84 Å². The van der Waals surface area contributed by atoms with Crippen molar-refractivity contribution in [3.63, 3.8) is 0 Å². The lowest BCUT2D eigenvalue weighted by Crippen LogP contribution is -2.43. The molecule has 1 aliphatic heterocycles. The highest BCUT2D eigenvalue weighted by Gasteiger charge is 2.07. The Hall–Kier alpha value is -0.120. The van der Waals surface area contributed by atoms with Gasteiger partial charge in [-0.1, -0.05) is 0 Å². The standard InChI is InChI=1S/C6H14N2O/c1-2-9-8-5-3-7-4-6-8/h7H,2-6H2,1H3. The summed E-state index contributed by atoms with van der Waals surface area (Å²) in [5, 5.41) is 5.26. The Morgan fingerprint density at radius 2 is 2.11 bits per heavy atom. The fourth-order valence-electron chi connectivity index (χ4n) is 0.956. The average Bonchev–Trinajstić information content (AvgIpc) is 1.91. The van der Waals surface area contributed by atoms with Crippen LogP contribution in [0.3, 0.4) is 0 Å². The van der Waals surface area contributed by atoms with E-state index in [1.54, 1.807) is 0 Å². The zero-order valence-corrected chi connectivity index (χ0v) is 5.89. The molecular weight excluding hydrogens is 116 g/mol. The lowest BCUT2D eigenvalue weighted by atomic mass is 10.4. The van der Waals surface area contributed by atoms with Gasteiger partial charge in [0, 0.05) is 26.2 Å². The Labute approximate surface area is 55.9 Å². The van der Waals surface area contributed by atoms with Gasteiger partial charge >= 0.3 is 0 Å². The monoisotopic (exact) mass is 130 g/mol. The summed E-state index contributed by atoms with van der Waals surface area (Å²) in [6, 6.07) is 0. The molecule has 1 rings (SSSR count).